The van der Waals surface area contributed by atoms with Crippen molar-refractivity contribution < 1.29 is 4.92 Å². The van der Waals surface area contributed by atoms with E-state index in [4.69, 9.17) is 11.6 Å². The summed E-state index contributed by atoms with van der Waals surface area (Å²) >= 11 is 9.34. The van der Waals surface area contributed by atoms with Crippen LogP contribution in [0.1, 0.15) is 11.1 Å². The van der Waals surface area contributed by atoms with Gasteiger partial charge in [-0.05, 0) is 52.7 Å². The summed E-state index contributed by atoms with van der Waals surface area (Å²) < 4.78 is 0.910. The number of nitrogens with zero attached hydrogens (tertiary/aromatic N) is 1. The van der Waals surface area contributed by atoms with Crippen LogP contribution >= 0.6 is 27.5 Å². The van der Waals surface area contributed by atoms with Crippen molar-refractivity contribution in [2.24, 2.45) is 0 Å². The number of benzene rings is 2. The van der Waals surface area contributed by atoms with Crippen molar-refractivity contribution >= 4 is 38.9 Å². The molecule has 2 aromatic carbocycles. The minimum Gasteiger partial charge on any atom is -0.380 e. The van der Waals surface area contributed by atoms with Crippen molar-refractivity contribution in [3.8, 4) is 0 Å². The highest BCUT2D eigenvalue weighted by Gasteiger charge is 2.14. The van der Waals surface area contributed by atoms with Crippen molar-refractivity contribution in [3.63, 3.8) is 0 Å². The Kier molecular flexibility index (Phi) is 4.62. The van der Waals surface area contributed by atoms with E-state index >= 15 is 0 Å². The fraction of sp³-hybridized carbons (Fsp3) is 0.143. The van der Waals surface area contributed by atoms with Gasteiger partial charge in [-0.15, -0.1) is 0 Å². The topological polar surface area (TPSA) is 55.2 Å². The lowest BCUT2D eigenvalue weighted by Gasteiger charge is -2.10. The molecule has 0 saturated carbocycles. The first-order valence-corrected chi connectivity index (χ1v) is 7.07. The Morgan fingerprint density at radius 1 is 1.30 bits per heavy atom. The normalized spacial score (nSPS) is 10.3. The van der Waals surface area contributed by atoms with E-state index < -0.39 is 4.92 Å². The fourth-order valence-corrected chi connectivity index (χ4v) is 2.42. The van der Waals surface area contributed by atoms with Crippen LogP contribution in [0.5, 0.6) is 0 Å². The van der Waals surface area contributed by atoms with Crippen LogP contribution < -0.4 is 5.32 Å². The zero-order chi connectivity index (χ0) is 14.7. The van der Waals surface area contributed by atoms with E-state index in [2.05, 4.69) is 21.2 Å². The van der Waals surface area contributed by atoms with Crippen LogP contribution in [-0.2, 0) is 6.54 Å². The smallest absolute Gasteiger partial charge is 0.274 e. The quantitative estimate of drug-likeness (QED) is 0.625. The van der Waals surface area contributed by atoms with Crippen LogP contribution in [0.3, 0.4) is 0 Å². The Balaban J connectivity index is 2.24. The number of aryl methyl sites for hydroxylation is 1. The molecule has 104 valence electrons. The Labute approximate surface area is 130 Å². The number of hydrogen-bond donors (Lipinski definition) is 1. The molecule has 2 aromatic rings. The molecule has 1 N–H and O–H groups in total. The first kappa shape index (κ1) is 14.8. The van der Waals surface area contributed by atoms with Gasteiger partial charge >= 0.3 is 0 Å². The van der Waals surface area contributed by atoms with E-state index in [-0.39, 0.29) is 5.69 Å². The van der Waals surface area contributed by atoms with Gasteiger partial charge in [0, 0.05) is 27.8 Å². The lowest BCUT2D eigenvalue weighted by molar-refractivity contribution is -0.385. The van der Waals surface area contributed by atoms with Gasteiger partial charge < -0.3 is 5.32 Å². The number of halogens is 2. The predicted octanol–water partition coefficient (Wildman–Crippen LogP) is 4.93. The standard InChI is InChI=1S/C14H12BrClN2O2/c1-9-2-4-12(15)13(6-9)17-8-10-7-11(16)3-5-14(10)18(19)20/h2-7,17H,8H2,1H3. The molecule has 0 atom stereocenters. The maximum absolute atomic E-state index is 11.0. The molecule has 0 radical (unpaired) electrons. The minimum atomic E-state index is -0.404. The highest BCUT2D eigenvalue weighted by atomic mass is 79.9. The molecule has 0 aliphatic heterocycles. The van der Waals surface area contributed by atoms with E-state index in [9.17, 15) is 10.1 Å². The molecule has 0 heterocycles. The number of rotatable bonds is 4. The molecule has 6 heteroatoms. The largest absolute Gasteiger partial charge is 0.380 e. The van der Waals surface area contributed by atoms with Gasteiger partial charge in [0.1, 0.15) is 0 Å². The summed E-state index contributed by atoms with van der Waals surface area (Å²) in [4.78, 5) is 10.6. The molecule has 0 unspecified atom stereocenters. The van der Waals surface area contributed by atoms with Gasteiger partial charge in [0.2, 0.25) is 0 Å². The Morgan fingerprint density at radius 2 is 2.05 bits per heavy atom. The molecular weight excluding hydrogens is 344 g/mol. The second-order valence-electron chi connectivity index (χ2n) is 4.37. The Hall–Kier alpha value is -1.59. The van der Waals surface area contributed by atoms with Gasteiger partial charge in [0.25, 0.3) is 5.69 Å². The average molecular weight is 356 g/mol. The van der Waals surface area contributed by atoms with Crippen LogP contribution in [0.4, 0.5) is 11.4 Å². The summed E-state index contributed by atoms with van der Waals surface area (Å²) in [6.45, 7) is 2.32. The van der Waals surface area contributed by atoms with Crippen LogP contribution in [-0.4, -0.2) is 4.92 Å². The monoisotopic (exact) mass is 354 g/mol. The maximum Gasteiger partial charge on any atom is 0.274 e. The lowest BCUT2D eigenvalue weighted by Crippen LogP contribution is -2.03. The molecule has 0 saturated heterocycles. The lowest BCUT2D eigenvalue weighted by atomic mass is 10.1. The van der Waals surface area contributed by atoms with Crippen LogP contribution in [0.15, 0.2) is 40.9 Å². The zero-order valence-corrected chi connectivity index (χ0v) is 13.0. The van der Waals surface area contributed by atoms with Gasteiger partial charge in [-0.3, -0.25) is 10.1 Å². The zero-order valence-electron chi connectivity index (χ0n) is 10.7. The molecule has 0 spiro atoms. The summed E-state index contributed by atoms with van der Waals surface area (Å²) in [6, 6.07) is 10.4. The molecule has 0 bridgehead atoms. The van der Waals surface area contributed by atoms with Gasteiger partial charge in [-0.25, -0.2) is 0 Å². The van der Waals surface area contributed by atoms with Crippen LogP contribution in [0.2, 0.25) is 5.02 Å². The van der Waals surface area contributed by atoms with Crippen molar-refractivity contribution in [3.05, 3.63) is 67.1 Å². The molecule has 0 amide bonds. The molecular formula is C14H12BrClN2O2. The second-order valence-corrected chi connectivity index (χ2v) is 5.66. The van der Waals surface area contributed by atoms with Crippen LogP contribution in [0, 0.1) is 17.0 Å². The Bertz CT molecular complexity index is 662. The van der Waals surface area contributed by atoms with Crippen molar-refractivity contribution in [2.45, 2.75) is 13.5 Å². The Morgan fingerprint density at radius 3 is 2.75 bits per heavy atom. The number of nitro benzene ring substituents is 1. The predicted molar refractivity (Wildman–Crippen MR) is 84.3 cm³/mol. The molecule has 20 heavy (non-hydrogen) atoms. The molecule has 2 rings (SSSR count). The molecule has 0 aliphatic carbocycles. The molecule has 0 fully saturated rings. The third kappa shape index (κ3) is 3.49. The first-order chi connectivity index (χ1) is 9.47. The van der Waals surface area contributed by atoms with E-state index in [1.165, 1.54) is 12.1 Å². The average Bonchev–Trinajstić information content (AvgIpc) is 2.39. The van der Waals surface area contributed by atoms with Crippen molar-refractivity contribution in [1.82, 2.24) is 0 Å². The van der Waals surface area contributed by atoms with E-state index in [1.54, 1.807) is 6.07 Å². The molecule has 0 aromatic heterocycles. The number of hydrogen-bond acceptors (Lipinski definition) is 3. The summed E-state index contributed by atoms with van der Waals surface area (Å²) in [5.41, 5.74) is 2.61. The van der Waals surface area contributed by atoms with Crippen molar-refractivity contribution in [2.75, 3.05) is 5.32 Å². The highest BCUT2D eigenvalue weighted by molar-refractivity contribution is 9.10. The third-order valence-electron chi connectivity index (χ3n) is 2.83. The van der Waals surface area contributed by atoms with Crippen molar-refractivity contribution in [1.29, 1.82) is 0 Å². The van der Waals surface area contributed by atoms with Gasteiger partial charge in [-0.1, -0.05) is 17.7 Å². The summed E-state index contributed by atoms with van der Waals surface area (Å²) in [6.07, 6.45) is 0. The second kappa shape index (κ2) is 6.24. The van der Waals surface area contributed by atoms with Gasteiger partial charge in [0.05, 0.1) is 10.5 Å². The van der Waals surface area contributed by atoms with E-state index in [0.717, 1.165) is 15.7 Å². The van der Waals surface area contributed by atoms with Gasteiger partial charge in [-0.2, -0.15) is 0 Å². The van der Waals surface area contributed by atoms with Crippen LogP contribution in [0.25, 0.3) is 0 Å². The third-order valence-corrected chi connectivity index (χ3v) is 3.76. The fourth-order valence-electron chi connectivity index (χ4n) is 1.84. The molecule has 0 aliphatic rings. The first-order valence-electron chi connectivity index (χ1n) is 5.90. The SMILES string of the molecule is Cc1ccc(Br)c(NCc2cc(Cl)ccc2[N+](=O)[O-])c1. The van der Waals surface area contributed by atoms with Gasteiger partial charge in [0.15, 0.2) is 0 Å². The maximum atomic E-state index is 11.0. The minimum absolute atomic E-state index is 0.0608. The number of nitrogens with one attached hydrogen (secondary N) is 1. The highest BCUT2D eigenvalue weighted by Crippen LogP contribution is 2.27. The van der Waals surface area contributed by atoms with E-state index in [0.29, 0.717) is 17.1 Å². The number of anilines is 1. The van der Waals surface area contributed by atoms with E-state index in [1.807, 2.05) is 25.1 Å². The molecule has 4 nitrogen and oxygen atoms in total. The number of nitro groups is 1. The summed E-state index contributed by atoms with van der Waals surface area (Å²) in [5.74, 6) is 0. The summed E-state index contributed by atoms with van der Waals surface area (Å²) in [7, 11) is 0. The summed E-state index contributed by atoms with van der Waals surface area (Å²) in [5, 5.41) is 14.7.